The number of amides is 1. The summed E-state index contributed by atoms with van der Waals surface area (Å²) in [4.78, 5) is 12.4. The zero-order valence-electron chi connectivity index (χ0n) is 12.9. The second-order valence-electron chi connectivity index (χ2n) is 6.25. The smallest absolute Gasteiger partial charge is 0.230 e. The van der Waals surface area contributed by atoms with E-state index in [1.165, 1.54) is 31.3 Å². The van der Waals surface area contributed by atoms with Crippen LogP contribution in [0.3, 0.4) is 0 Å². The molecule has 3 heteroatoms. The quantitative estimate of drug-likeness (QED) is 0.790. The lowest BCUT2D eigenvalue weighted by Crippen LogP contribution is -2.40. The van der Waals surface area contributed by atoms with E-state index in [1.54, 1.807) is 0 Å². The molecular formula is C18H24ClNO. The van der Waals surface area contributed by atoms with Crippen LogP contribution in [0.2, 0.25) is 5.02 Å². The Morgan fingerprint density at radius 1 is 1.24 bits per heavy atom. The summed E-state index contributed by atoms with van der Waals surface area (Å²) in [6.45, 7) is 4.62. The van der Waals surface area contributed by atoms with Crippen molar-refractivity contribution in [3.05, 3.63) is 46.5 Å². The van der Waals surface area contributed by atoms with Gasteiger partial charge in [0.15, 0.2) is 0 Å². The van der Waals surface area contributed by atoms with Gasteiger partial charge in [-0.3, -0.25) is 4.79 Å². The largest absolute Gasteiger partial charge is 0.355 e. The number of rotatable bonds is 5. The molecule has 0 unspecified atom stereocenters. The lowest BCUT2D eigenvalue weighted by atomic mass is 9.83. The highest BCUT2D eigenvalue weighted by Crippen LogP contribution is 2.25. The minimum Gasteiger partial charge on any atom is -0.355 e. The van der Waals surface area contributed by atoms with Crippen LogP contribution in [0.15, 0.2) is 35.9 Å². The molecule has 1 amide bonds. The number of allylic oxidation sites excluding steroid dienone is 1. The van der Waals surface area contributed by atoms with Crippen molar-refractivity contribution in [3.63, 3.8) is 0 Å². The van der Waals surface area contributed by atoms with Crippen LogP contribution in [-0.2, 0) is 10.2 Å². The summed E-state index contributed by atoms with van der Waals surface area (Å²) >= 11 is 5.90. The van der Waals surface area contributed by atoms with E-state index in [9.17, 15) is 4.79 Å². The van der Waals surface area contributed by atoms with Gasteiger partial charge in [-0.1, -0.05) is 35.4 Å². The van der Waals surface area contributed by atoms with Gasteiger partial charge in [0, 0.05) is 11.6 Å². The number of hydrogen-bond acceptors (Lipinski definition) is 1. The Morgan fingerprint density at radius 3 is 2.57 bits per heavy atom. The first-order valence-corrected chi connectivity index (χ1v) is 8.10. The van der Waals surface area contributed by atoms with E-state index in [0.29, 0.717) is 5.02 Å². The van der Waals surface area contributed by atoms with Gasteiger partial charge in [0.2, 0.25) is 5.91 Å². The first kappa shape index (κ1) is 16.1. The zero-order chi connectivity index (χ0) is 15.3. The average molecular weight is 306 g/mol. The molecule has 1 aliphatic rings. The molecule has 1 N–H and O–H groups in total. The van der Waals surface area contributed by atoms with E-state index >= 15 is 0 Å². The third-order valence-electron chi connectivity index (χ3n) is 4.25. The lowest BCUT2D eigenvalue weighted by Gasteiger charge is -2.24. The molecule has 0 aliphatic heterocycles. The molecule has 0 aromatic heterocycles. The predicted octanol–water partition coefficient (Wildman–Crippen LogP) is 4.62. The summed E-state index contributed by atoms with van der Waals surface area (Å²) in [5.74, 6) is 0.0706. The minimum atomic E-state index is -0.536. The molecule has 2 nitrogen and oxygen atoms in total. The summed E-state index contributed by atoms with van der Waals surface area (Å²) < 4.78 is 0. The number of carbonyl (C=O) groups excluding carboxylic acids is 1. The second kappa shape index (κ2) is 7.13. The van der Waals surface area contributed by atoms with Crippen molar-refractivity contribution in [3.8, 4) is 0 Å². The standard InChI is InChI=1S/C18H24ClNO/c1-18(2,15-8-10-16(19)11-9-15)17(21)20-13-12-14-6-4-3-5-7-14/h6,8-11H,3-5,7,12-13H2,1-2H3,(H,20,21). The van der Waals surface area contributed by atoms with Crippen LogP contribution in [0.4, 0.5) is 0 Å². The topological polar surface area (TPSA) is 29.1 Å². The molecule has 2 rings (SSSR count). The van der Waals surface area contributed by atoms with Crippen LogP contribution in [0.1, 0.15) is 51.5 Å². The Bertz CT molecular complexity index is 517. The normalized spacial score (nSPS) is 15.5. The summed E-state index contributed by atoms with van der Waals surface area (Å²) in [7, 11) is 0. The van der Waals surface area contributed by atoms with Crippen molar-refractivity contribution in [1.82, 2.24) is 5.32 Å². The summed E-state index contributed by atoms with van der Waals surface area (Å²) in [6.07, 6.45) is 8.29. The van der Waals surface area contributed by atoms with Crippen LogP contribution >= 0.6 is 11.6 Å². The number of halogens is 1. The number of nitrogens with one attached hydrogen (secondary N) is 1. The van der Waals surface area contributed by atoms with Gasteiger partial charge in [0.05, 0.1) is 5.41 Å². The van der Waals surface area contributed by atoms with Crippen molar-refractivity contribution in [2.24, 2.45) is 0 Å². The zero-order valence-corrected chi connectivity index (χ0v) is 13.7. The van der Waals surface area contributed by atoms with Gasteiger partial charge in [-0.05, 0) is 63.6 Å². The number of benzene rings is 1. The van der Waals surface area contributed by atoms with Gasteiger partial charge in [0.1, 0.15) is 0 Å². The average Bonchev–Trinajstić information content (AvgIpc) is 2.48. The first-order chi connectivity index (χ1) is 10.00. The fourth-order valence-corrected chi connectivity index (χ4v) is 2.81. The van der Waals surface area contributed by atoms with Gasteiger partial charge >= 0.3 is 0 Å². The lowest BCUT2D eigenvalue weighted by molar-refractivity contribution is -0.125. The van der Waals surface area contributed by atoms with Gasteiger partial charge < -0.3 is 5.32 Å². The third kappa shape index (κ3) is 4.34. The van der Waals surface area contributed by atoms with E-state index in [2.05, 4.69) is 11.4 Å². The Labute approximate surface area is 132 Å². The first-order valence-electron chi connectivity index (χ1n) is 7.72. The van der Waals surface area contributed by atoms with Crippen molar-refractivity contribution >= 4 is 17.5 Å². The highest BCUT2D eigenvalue weighted by atomic mass is 35.5. The molecule has 0 saturated carbocycles. The highest BCUT2D eigenvalue weighted by molar-refractivity contribution is 6.30. The molecule has 1 aromatic rings. The van der Waals surface area contributed by atoms with Crippen LogP contribution in [-0.4, -0.2) is 12.5 Å². The van der Waals surface area contributed by atoms with Crippen LogP contribution < -0.4 is 5.32 Å². The maximum atomic E-state index is 12.4. The monoisotopic (exact) mass is 305 g/mol. The predicted molar refractivity (Wildman–Crippen MR) is 88.7 cm³/mol. The molecule has 21 heavy (non-hydrogen) atoms. The van der Waals surface area contributed by atoms with Crippen molar-refractivity contribution in [1.29, 1.82) is 0 Å². The highest BCUT2D eigenvalue weighted by Gasteiger charge is 2.29. The molecule has 0 atom stereocenters. The fourth-order valence-electron chi connectivity index (χ4n) is 2.69. The fraction of sp³-hybridized carbons (Fsp3) is 0.500. The van der Waals surface area contributed by atoms with Gasteiger partial charge in [-0.25, -0.2) is 0 Å². The van der Waals surface area contributed by atoms with Crippen molar-refractivity contribution in [2.75, 3.05) is 6.54 Å². The molecule has 0 heterocycles. The Morgan fingerprint density at radius 2 is 1.95 bits per heavy atom. The molecular weight excluding hydrogens is 282 g/mol. The van der Waals surface area contributed by atoms with E-state index in [-0.39, 0.29) is 5.91 Å². The van der Waals surface area contributed by atoms with E-state index in [0.717, 1.165) is 18.5 Å². The van der Waals surface area contributed by atoms with Crippen LogP contribution in [0, 0.1) is 0 Å². The van der Waals surface area contributed by atoms with E-state index < -0.39 is 5.41 Å². The Kier molecular flexibility index (Phi) is 5.46. The number of carbonyl (C=O) groups is 1. The molecule has 0 bridgehead atoms. The summed E-state index contributed by atoms with van der Waals surface area (Å²) in [5, 5.41) is 3.76. The molecule has 114 valence electrons. The number of hydrogen-bond donors (Lipinski definition) is 1. The van der Waals surface area contributed by atoms with Gasteiger partial charge in [0.25, 0.3) is 0 Å². The van der Waals surface area contributed by atoms with E-state index in [1.807, 2.05) is 38.1 Å². The maximum Gasteiger partial charge on any atom is 0.230 e. The van der Waals surface area contributed by atoms with E-state index in [4.69, 9.17) is 11.6 Å². The summed E-state index contributed by atoms with van der Waals surface area (Å²) in [5.41, 5.74) is 1.94. The van der Waals surface area contributed by atoms with Gasteiger partial charge in [-0.15, -0.1) is 0 Å². The molecule has 0 radical (unpaired) electrons. The molecule has 1 aliphatic carbocycles. The van der Waals surface area contributed by atoms with Crippen LogP contribution in [0.5, 0.6) is 0 Å². The Hall–Kier alpha value is -1.28. The second-order valence-corrected chi connectivity index (χ2v) is 6.68. The van der Waals surface area contributed by atoms with Crippen molar-refractivity contribution in [2.45, 2.75) is 51.4 Å². The van der Waals surface area contributed by atoms with Crippen molar-refractivity contribution < 1.29 is 4.79 Å². The molecule has 0 fully saturated rings. The molecule has 0 saturated heterocycles. The molecule has 0 spiro atoms. The molecule has 1 aromatic carbocycles. The Balaban J connectivity index is 1.89. The van der Waals surface area contributed by atoms with Gasteiger partial charge in [-0.2, -0.15) is 0 Å². The minimum absolute atomic E-state index is 0.0706. The maximum absolute atomic E-state index is 12.4. The van der Waals surface area contributed by atoms with Crippen LogP contribution in [0.25, 0.3) is 0 Å². The third-order valence-corrected chi connectivity index (χ3v) is 4.50. The summed E-state index contributed by atoms with van der Waals surface area (Å²) in [6, 6.07) is 7.51. The SMILES string of the molecule is CC(C)(C(=O)NCCC1=CCCCC1)c1ccc(Cl)cc1.